The zero-order valence-corrected chi connectivity index (χ0v) is 14.5. The fourth-order valence-corrected chi connectivity index (χ4v) is 2.84. The van der Waals surface area contributed by atoms with Gasteiger partial charge in [-0.05, 0) is 57.9 Å². The molecule has 0 saturated carbocycles. The van der Waals surface area contributed by atoms with Crippen LogP contribution in [0.15, 0.2) is 18.2 Å². The first kappa shape index (κ1) is 18.2. The average Bonchev–Trinajstić information content (AvgIpc) is 2.31. The molecular formula is C15H24F2O3Si. The second-order valence-corrected chi connectivity index (χ2v) is 6.86. The van der Waals surface area contributed by atoms with E-state index in [4.69, 9.17) is 13.9 Å². The van der Waals surface area contributed by atoms with Crippen molar-refractivity contribution >= 4 is 9.76 Å². The van der Waals surface area contributed by atoms with Crippen molar-refractivity contribution in [3.05, 3.63) is 35.4 Å². The van der Waals surface area contributed by atoms with E-state index in [0.717, 1.165) is 12.1 Å². The van der Waals surface area contributed by atoms with Gasteiger partial charge < -0.3 is 13.9 Å². The number of hydrogen-bond donors (Lipinski definition) is 0. The van der Waals surface area contributed by atoms with Gasteiger partial charge in [0.05, 0.1) is 12.2 Å². The van der Waals surface area contributed by atoms with Gasteiger partial charge in [-0.25, -0.2) is 8.78 Å². The van der Waals surface area contributed by atoms with Crippen molar-refractivity contribution < 1.29 is 22.7 Å². The van der Waals surface area contributed by atoms with Gasteiger partial charge in [0.25, 0.3) is 6.48 Å². The van der Waals surface area contributed by atoms with Crippen LogP contribution in [0.5, 0.6) is 0 Å². The number of aryl methyl sites for hydroxylation is 1. The topological polar surface area (TPSA) is 27.7 Å². The second-order valence-electron chi connectivity index (χ2n) is 5.41. The lowest BCUT2D eigenvalue weighted by atomic mass is 10.2. The minimum absolute atomic E-state index is 0.0139. The van der Waals surface area contributed by atoms with Crippen LogP contribution in [0.25, 0.3) is 0 Å². The van der Waals surface area contributed by atoms with Gasteiger partial charge in [-0.1, -0.05) is 0 Å². The number of benzene rings is 1. The molecule has 0 spiro atoms. The lowest BCUT2D eigenvalue weighted by Crippen LogP contribution is -2.28. The highest BCUT2D eigenvalue weighted by Gasteiger charge is 2.13. The van der Waals surface area contributed by atoms with Crippen LogP contribution in [0.3, 0.4) is 0 Å². The van der Waals surface area contributed by atoms with Gasteiger partial charge in [0.1, 0.15) is 11.6 Å². The van der Waals surface area contributed by atoms with Crippen molar-refractivity contribution in [2.75, 3.05) is 0 Å². The van der Waals surface area contributed by atoms with Crippen molar-refractivity contribution in [3.8, 4) is 0 Å². The van der Waals surface area contributed by atoms with E-state index < -0.39 is 27.9 Å². The van der Waals surface area contributed by atoms with Crippen LogP contribution in [-0.2, 0) is 20.3 Å². The highest BCUT2D eigenvalue weighted by atomic mass is 28.2. The summed E-state index contributed by atoms with van der Waals surface area (Å²) in [4.78, 5) is 0. The molecule has 0 bridgehead atoms. The summed E-state index contributed by atoms with van der Waals surface area (Å²) >= 11 is 0. The Hall–Kier alpha value is -0.823. The molecule has 120 valence electrons. The normalized spacial score (nSPS) is 12.4. The zero-order valence-electron chi connectivity index (χ0n) is 13.1. The molecule has 1 rings (SSSR count). The molecule has 0 aliphatic heterocycles. The molecule has 0 aliphatic rings. The van der Waals surface area contributed by atoms with E-state index in [9.17, 15) is 8.78 Å². The standard InChI is InChI=1S/C15H24F2O3Si/c1-10(2)18-15(19-11(3)4)20-21-6-5-12-7-13(16)9-14(17)8-12/h7-11,15H,5-6,21H2,1-4H3. The van der Waals surface area contributed by atoms with Crippen LogP contribution < -0.4 is 0 Å². The van der Waals surface area contributed by atoms with Crippen LogP contribution >= 0.6 is 0 Å². The van der Waals surface area contributed by atoms with Gasteiger partial charge in [-0.3, -0.25) is 0 Å². The fourth-order valence-electron chi connectivity index (χ4n) is 1.77. The molecule has 3 nitrogen and oxygen atoms in total. The highest BCUT2D eigenvalue weighted by molar-refractivity contribution is 6.27. The molecule has 0 saturated heterocycles. The number of ether oxygens (including phenoxy) is 2. The smallest absolute Gasteiger partial charge is 0.262 e. The minimum atomic E-state index is -0.885. The van der Waals surface area contributed by atoms with Crippen molar-refractivity contribution in [2.24, 2.45) is 0 Å². The summed E-state index contributed by atoms with van der Waals surface area (Å²) in [6.45, 7) is 7.00. The van der Waals surface area contributed by atoms with E-state index in [1.54, 1.807) is 0 Å². The molecule has 1 aromatic carbocycles. The summed E-state index contributed by atoms with van der Waals surface area (Å²) in [5, 5.41) is 0. The van der Waals surface area contributed by atoms with Gasteiger partial charge in [-0.15, -0.1) is 0 Å². The SMILES string of the molecule is CC(C)OC(O[SiH2]CCc1cc(F)cc(F)c1)OC(C)C. The van der Waals surface area contributed by atoms with Crippen molar-refractivity contribution in [1.82, 2.24) is 0 Å². The summed E-state index contributed by atoms with van der Waals surface area (Å²) in [5.74, 6) is -1.09. The summed E-state index contributed by atoms with van der Waals surface area (Å²) in [6.07, 6.45) is 0.622. The molecule has 0 N–H and O–H groups in total. The maximum Gasteiger partial charge on any atom is 0.262 e. The van der Waals surface area contributed by atoms with Gasteiger partial charge in [-0.2, -0.15) is 0 Å². The van der Waals surface area contributed by atoms with Crippen LogP contribution in [0.4, 0.5) is 8.78 Å². The van der Waals surface area contributed by atoms with E-state index in [2.05, 4.69) is 0 Å². The van der Waals surface area contributed by atoms with Gasteiger partial charge >= 0.3 is 0 Å². The van der Waals surface area contributed by atoms with Crippen LogP contribution in [0.2, 0.25) is 6.04 Å². The Kier molecular flexibility index (Phi) is 8.03. The van der Waals surface area contributed by atoms with E-state index in [0.29, 0.717) is 12.0 Å². The first-order chi connectivity index (χ1) is 9.86. The van der Waals surface area contributed by atoms with Crippen LogP contribution in [0, 0.1) is 11.6 Å². The van der Waals surface area contributed by atoms with Crippen molar-refractivity contribution in [2.45, 2.75) is 58.8 Å². The molecule has 6 heteroatoms. The van der Waals surface area contributed by atoms with E-state index in [1.165, 1.54) is 12.1 Å². The first-order valence-corrected chi connectivity index (χ1v) is 8.82. The molecule has 0 aromatic heterocycles. The van der Waals surface area contributed by atoms with Crippen molar-refractivity contribution in [3.63, 3.8) is 0 Å². The van der Waals surface area contributed by atoms with Crippen LogP contribution in [0.1, 0.15) is 33.3 Å². The van der Waals surface area contributed by atoms with E-state index in [1.807, 2.05) is 27.7 Å². The predicted molar refractivity (Wildman–Crippen MR) is 80.7 cm³/mol. The third-order valence-corrected chi connectivity index (χ3v) is 3.70. The largest absolute Gasteiger partial charge is 0.379 e. The molecule has 0 heterocycles. The van der Waals surface area contributed by atoms with Gasteiger partial charge in [0.2, 0.25) is 0 Å². The maximum absolute atomic E-state index is 13.1. The predicted octanol–water partition coefficient (Wildman–Crippen LogP) is 3.16. The number of rotatable bonds is 9. The number of hydrogen-bond acceptors (Lipinski definition) is 3. The Morgan fingerprint density at radius 3 is 1.95 bits per heavy atom. The Balaban J connectivity index is 2.36. The third-order valence-electron chi connectivity index (χ3n) is 2.55. The Bertz CT molecular complexity index is 397. The molecule has 0 amide bonds. The average molecular weight is 318 g/mol. The van der Waals surface area contributed by atoms with E-state index in [-0.39, 0.29) is 12.2 Å². The molecule has 1 aromatic rings. The van der Waals surface area contributed by atoms with E-state index >= 15 is 0 Å². The second kappa shape index (κ2) is 9.25. The Morgan fingerprint density at radius 1 is 0.952 bits per heavy atom. The van der Waals surface area contributed by atoms with Crippen molar-refractivity contribution in [1.29, 1.82) is 0 Å². The molecule has 0 unspecified atom stereocenters. The number of halogens is 2. The quantitative estimate of drug-likeness (QED) is 0.398. The molecular weight excluding hydrogens is 294 g/mol. The van der Waals surface area contributed by atoms with Crippen LogP contribution in [-0.4, -0.2) is 28.4 Å². The summed E-state index contributed by atoms with van der Waals surface area (Å²) < 4.78 is 42.8. The minimum Gasteiger partial charge on any atom is -0.379 e. The third kappa shape index (κ3) is 8.26. The fraction of sp³-hybridized carbons (Fsp3) is 0.600. The highest BCUT2D eigenvalue weighted by Crippen LogP contribution is 2.11. The summed E-state index contributed by atoms with van der Waals surface area (Å²) in [6, 6.07) is 4.34. The first-order valence-electron chi connectivity index (χ1n) is 7.24. The molecule has 21 heavy (non-hydrogen) atoms. The van der Waals surface area contributed by atoms with Gasteiger partial charge in [0.15, 0.2) is 9.76 Å². The summed E-state index contributed by atoms with van der Waals surface area (Å²) in [5.41, 5.74) is 0.648. The lowest BCUT2D eigenvalue weighted by molar-refractivity contribution is -0.275. The lowest BCUT2D eigenvalue weighted by Gasteiger charge is -2.23. The van der Waals surface area contributed by atoms with Gasteiger partial charge in [0, 0.05) is 6.07 Å². The summed E-state index contributed by atoms with van der Waals surface area (Å²) in [7, 11) is -0.885. The molecule has 0 atom stereocenters. The molecule has 0 fully saturated rings. The molecule has 0 aliphatic carbocycles. The maximum atomic E-state index is 13.1. The zero-order chi connectivity index (χ0) is 15.8. The monoisotopic (exact) mass is 318 g/mol. The Morgan fingerprint density at radius 2 is 1.48 bits per heavy atom. The molecule has 0 radical (unpaired) electrons. The Labute approximate surface area is 127 Å².